The van der Waals surface area contributed by atoms with E-state index in [1.807, 2.05) is 36.4 Å². The van der Waals surface area contributed by atoms with Crippen LogP contribution in [0, 0.1) is 0 Å². The summed E-state index contributed by atoms with van der Waals surface area (Å²) in [4.78, 5) is 0. The summed E-state index contributed by atoms with van der Waals surface area (Å²) >= 11 is 5.92. The zero-order valence-electron chi connectivity index (χ0n) is 10.9. The Kier molecular flexibility index (Phi) is 5.10. The van der Waals surface area contributed by atoms with Crippen LogP contribution in [0.5, 0.6) is 11.5 Å². The second-order valence-corrected chi connectivity index (χ2v) is 4.46. The summed E-state index contributed by atoms with van der Waals surface area (Å²) < 4.78 is 11.0. The van der Waals surface area contributed by atoms with Crippen LogP contribution >= 0.6 is 11.6 Å². The predicted molar refractivity (Wildman–Crippen MR) is 78.2 cm³/mol. The molecular formula is C16H17ClO2. The normalized spacial score (nSPS) is 10.2. The van der Waals surface area contributed by atoms with Gasteiger partial charge in [0.25, 0.3) is 0 Å². The van der Waals surface area contributed by atoms with E-state index in [-0.39, 0.29) is 0 Å². The summed E-state index contributed by atoms with van der Waals surface area (Å²) in [7, 11) is 1.64. The number of alkyl halides is 1. The predicted octanol–water partition coefficient (Wildman–Crippen LogP) is 4.06. The molecule has 19 heavy (non-hydrogen) atoms. The van der Waals surface area contributed by atoms with Crippen molar-refractivity contribution in [2.24, 2.45) is 0 Å². The quantitative estimate of drug-likeness (QED) is 0.741. The van der Waals surface area contributed by atoms with Gasteiger partial charge in [-0.2, -0.15) is 0 Å². The van der Waals surface area contributed by atoms with Crippen molar-refractivity contribution in [2.75, 3.05) is 13.7 Å². The van der Waals surface area contributed by atoms with Crippen LogP contribution in [0.15, 0.2) is 48.5 Å². The van der Waals surface area contributed by atoms with E-state index < -0.39 is 0 Å². The first-order valence-corrected chi connectivity index (χ1v) is 6.76. The average molecular weight is 277 g/mol. The molecule has 0 saturated carbocycles. The third-order valence-electron chi connectivity index (χ3n) is 2.90. The second-order valence-electron chi connectivity index (χ2n) is 4.19. The molecule has 0 bridgehead atoms. The Morgan fingerprint density at radius 1 is 1.05 bits per heavy atom. The summed E-state index contributed by atoms with van der Waals surface area (Å²) in [5.74, 6) is 2.04. The minimum atomic E-state index is 0.415. The van der Waals surface area contributed by atoms with Crippen molar-refractivity contribution in [3.05, 3.63) is 59.7 Å². The van der Waals surface area contributed by atoms with Gasteiger partial charge in [0, 0.05) is 12.0 Å². The van der Waals surface area contributed by atoms with Crippen LogP contribution in [-0.4, -0.2) is 13.7 Å². The third-order valence-corrected chi connectivity index (χ3v) is 3.19. The van der Waals surface area contributed by atoms with E-state index in [2.05, 4.69) is 12.1 Å². The van der Waals surface area contributed by atoms with Gasteiger partial charge in [0.2, 0.25) is 0 Å². The molecule has 0 N–H and O–H groups in total. The second kappa shape index (κ2) is 7.05. The average Bonchev–Trinajstić information content (AvgIpc) is 2.48. The molecule has 0 aliphatic heterocycles. The summed E-state index contributed by atoms with van der Waals surface area (Å²) in [5, 5.41) is 0. The molecule has 0 radical (unpaired) electrons. The van der Waals surface area contributed by atoms with Gasteiger partial charge < -0.3 is 9.47 Å². The first-order valence-electron chi connectivity index (χ1n) is 6.23. The minimum Gasteiger partial charge on any atom is -0.497 e. The first kappa shape index (κ1) is 13.8. The van der Waals surface area contributed by atoms with Crippen LogP contribution in [0.1, 0.15) is 11.1 Å². The van der Waals surface area contributed by atoms with E-state index in [0.717, 1.165) is 23.5 Å². The third kappa shape index (κ3) is 3.90. The molecule has 0 spiro atoms. The number of ether oxygens (including phenoxy) is 2. The van der Waals surface area contributed by atoms with E-state index in [4.69, 9.17) is 21.1 Å². The molecule has 0 unspecified atom stereocenters. The lowest BCUT2D eigenvalue weighted by Crippen LogP contribution is -2.03. The minimum absolute atomic E-state index is 0.415. The monoisotopic (exact) mass is 276 g/mol. The maximum Gasteiger partial charge on any atom is 0.123 e. The standard InChI is InChI=1S/C16H17ClO2/c1-18-15-7-8-16(14(11-15)12-17)19-10-9-13-5-3-2-4-6-13/h2-8,11H,9-10,12H2,1H3. The highest BCUT2D eigenvalue weighted by Gasteiger charge is 2.05. The van der Waals surface area contributed by atoms with Crippen LogP contribution in [0.2, 0.25) is 0 Å². The van der Waals surface area contributed by atoms with Crippen molar-refractivity contribution in [1.29, 1.82) is 0 Å². The summed E-state index contributed by atoms with van der Waals surface area (Å²) in [6, 6.07) is 16.0. The number of benzene rings is 2. The lowest BCUT2D eigenvalue weighted by Gasteiger charge is -2.11. The van der Waals surface area contributed by atoms with Gasteiger partial charge in [-0.25, -0.2) is 0 Å². The van der Waals surface area contributed by atoms with Gasteiger partial charge in [0.05, 0.1) is 19.6 Å². The van der Waals surface area contributed by atoms with Gasteiger partial charge >= 0.3 is 0 Å². The first-order chi connectivity index (χ1) is 9.33. The number of hydrogen-bond acceptors (Lipinski definition) is 2. The molecule has 3 heteroatoms. The van der Waals surface area contributed by atoms with Crippen LogP contribution in [0.25, 0.3) is 0 Å². The Bertz CT molecular complexity index is 511. The molecular weight excluding hydrogens is 260 g/mol. The van der Waals surface area contributed by atoms with Crippen molar-refractivity contribution >= 4 is 11.6 Å². The Labute approximate surface area is 118 Å². The van der Waals surface area contributed by atoms with Gasteiger partial charge in [0.1, 0.15) is 11.5 Å². The van der Waals surface area contributed by atoms with Crippen molar-refractivity contribution in [2.45, 2.75) is 12.3 Å². The van der Waals surface area contributed by atoms with E-state index in [1.165, 1.54) is 5.56 Å². The fourth-order valence-corrected chi connectivity index (χ4v) is 2.06. The molecule has 0 aliphatic rings. The maximum absolute atomic E-state index is 5.92. The Morgan fingerprint density at radius 2 is 1.84 bits per heavy atom. The highest BCUT2D eigenvalue weighted by Crippen LogP contribution is 2.25. The number of halogens is 1. The van der Waals surface area contributed by atoms with Crippen molar-refractivity contribution in [3.8, 4) is 11.5 Å². The molecule has 2 aromatic carbocycles. The number of rotatable bonds is 6. The largest absolute Gasteiger partial charge is 0.497 e. The van der Waals surface area contributed by atoms with Crippen molar-refractivity contribution in [3.63, 3.8) is 0 Å². The van der Waals surface area contributed by atoms with Gasteiger partial charge in [-0.1, -0.05) is 30.3 Å². The lowest BCUT2D eigenvalue weighted by atomic mass is 10.2. The van der Waals surface area contributed by atoms with Gasteiger partial charge in [-0.15, -0.1) is 11.6 Å². The zero-order chi connectivity index (χ0) is 13.5. The van der Waals surface area contributed by atoms with E-state index >= 15 is 0 Å². The van der Waals surface area contributed by atoms with Crippen molar-refractivity contribution < 1.29 is 9.47 Å². The van der Waals surface area contributed by atoms with Crippen LogP contribution in [0.3, 0.4) is 0 Å². The van der Waals surface area contributed by atoms with E-state index in [1.54, 1.807) is 7.11 Å². The molecule has 0 amide bonds. The molecule has 0 fully saturated rings. The molecule has 0 aliphatic carbocycles. The Hall–Kier alpha value is -1.67. The fourth-order valence-electron chi connectivity index (χ4n) is 1.85. The van der Waals surface area contributed by atoms with Gasteiger partial charge in [-0.3, -0.25) is 0 Å². The molecule has 2 aromatic rings. The Morgan fingerprint density at radius 3 is 2.53 bits per heavy atom. The molecule has 0 atom stereocenters. The summed E-state index contributed by atoms with van der Waals surface area (Å²) in [6.45, 7) is 0.639. The van der Waals surface area contributed by atoms with E-state index in [9.17, 15) is 0 Å². The molecule has 0 aromatic heterocycles. The molecule has 2 rings (SSSR count). The Balaban J connectivity index is 1.96. The molecule has 0 heterocycles. The van der Waals surface area contributed by atoms with Crippen molar-refractivity contribution in [1.82, 2.24) is 0 Å². The highest BCUT2D eigenvalue weighted by molar-refractivity contribution is 6.17. The summed E-state index contributed by atoms with van der Waals surface area (Å²) in [6.07, 6.45) is 0.884. The van der Waals surface area contributed by atoms with Crippen LogP contribution in [0.4, 0.5) is 0 Å². The zero-order valence-corrected chi connectivity index (χ0v) is 11.7. The van der Waals surface area contributed by atoms with Crippen LogP contribution < -0.4 is 9.47 Å². The molecule has 2 nitrogen and oxygen atoms in total. The summed E-state index contributed by atoms with van der Waals surface area (Å²) in [5.41, 5.74) is 2.22. The fraction of sp³-hybridized carbons (Fsp3) is 0.250. The molecule has 100 valence electrons. The van der Waals surface area contributed by atoms with Crippen LogP contribution in [-0.2, 0) is 12.3 Å². The SMILES string of the molecule is COc1ccc(OCCc2ccccc2)c(CCl)c1. The number of methoxy groups -OCH3 is 1. The topological polar surface area (TPSA) is 18.5 Å². The van der Waals surface area contributed by atoms with Gasteiger partial charge in [0.15, 0.2) is 0 Å². The number of hydrogen-bond donors (Lipinski definition) is 0. The van der Waals surface area contributed by atoms with E-state index in [0.29, 0.717) is 12.5 Å². The highest BCUT2D eigenvalue weighted by atomic mass is 35.5. The smallest absolute Gasteiger partial charge is 0.123 e. The maximum atomic E-state index is 5.92. The molecule has 0 saturated heterocycles. The lowest BCUT2D eigenvalue weighted by molar-refractivity contribution is 0.318. The van der Waals surface area contributed by atoms with Gasteiger partial charge in [-0.05, 0) is 23.8 Å².